The van der Waals surface area contributed by atoms with Crippen LogP contribution in [0.5, 0.6) is 0 Å². The maximum absolute atomic E-state index is 14.8. The van der Waals surface area contributed by atoms with Crippen LogP contribution in [0.4, 0.5) is 8.78 Å². The first-order valence-corrected chi connectivity index (χ1v) is 8.56. The van der Waals surface area contributed by atoms with Gasteiger partial charge in [-0.3, -0.25) is 0 Å². The molecule has 0 bridgehead atoms. The van der Waals surface area contributed by atoms with Crippen molar-refractivity contribution in [3.05, 3.63) is 64.4 Å². The Morgan fingerprint density at radius 2 is 1.54 bits per heavy atom. The second kappa shape index (κ2) is 5.63. The van der Waals surface area contributed by atoms with E-state index in [-0.39, 0.29) is 11.6 Å². The molecule has 0 radical (unpaired) electrons. The van der Waals surface area contributed by atoms with E-state index in [1.54, 1.807) is 13.0 Å². The molecule has 2 heterocycles. The zero-order valence-electron chi connectivity index (χ0n) is 15.5. The third-order valence-corrected chi connectivity index (χ3v) is 5.17. The second-order valence-electron chi connectivity index (χ2n) is 7.09. The van der Waals surface area contributed by atoms with Crippen LogP contribution in [0, 0.1) is 39.3 Å². The Kier molecular flexibility index (Phi) is 3.62. The number of aromatic nitrogens is 1. The van der Waals surface area contributed by atoms with Crippen molar-refractivity contribution >= 4 is 21.9 Å². The van der Waals surface area contributed by atoms with Crippen molar-refractivity contribution in [1.29, 1.82) is 0 Å². The summed E-state index contributed by atoms with van der Waals surface area (Å²) in [7, 11) is 1.96. The van der Waals surface area contributed by atoms with Crippen molar-refractivity contribution in [2.24, 2.45) is 7.05 Å². The highest BCUT2D eigenvalue weighted by molar-refractivity contribution is 6.10. The van der Waals surface area contributed by atoms with E-state index in [9.17, 15) is 8.78 Å². The molecule has 0 saturated carbocycles. The monoisotopic (exact) mass is 352 g/mol. The molecule has 0 spiro atoms. The predicted octanol–water partition coefficient (Wildman–Crippen LogP) is 5.59. The van der Waals surface area contributed by atoms with E-state index in [2.05, 4.69) is 13.0 Å². The number of furan rings is 1. The Morgan fingerprint density at radius 1 is 0.808 bits per heavy atom. The Bertz CT molecular complexity index is 1200. The van der Waals surface area contributed by atoms with Gasteiger partial charge in [0, 0.05) is 23.1 Å². The molecule has 0 aliphatic carbocycles. The fourth-order valence-electron chi connectivity index (χ4n) is 3.60. The van der Waals surface area contributed by atoms with Crippen molar-refractivity contribution < 1.29 is 17.8 Å². The predicted molar refractivity (Wildman–Crippen MR) is 99.2 cm³/mol. The molecule has 4 aromatic rings. The lowest BCUT2D eigenvalue weighted by Gasteiger charge is -2.08. The second-order valence-corrected chi connectivity index (χ2v) is 7.09. The van der Waals surface area contributed by atoms with Crippen LogP contribution < -0.4 is 4.57 Å². The van der Waals surface area contributed by atoms with Gasteiger partial charge in [-0.1, -0.05) is 0 Å². The Balaban J connectivity index is 2.19. The molecule has 0 amide bonds. The van der Waals surface area contributed by atoms with Gasteiger partial charge in [-0.05, 0) is 56.5 Å². The summed E-state index contributed by atoms with van der Waals surface area (Å²) >= 11 is 0. The molecule has 2 aromatic carbocycles. The summed E-state index contributed by atoms with van der Waals surface area (Å²) in [5.41, 5.74) is 6.17. The fourth-order valence-corrected chi connectivity index (χ4v) is 3.60. The number of aryl methyl sites for hydroxylation is 5. The molecule has 2 aromatic heterocycles. The molecule has 0 saturated heterocycles. The summed E-state index contributed by atoms with van der Waals surface area (Å²) in [6, 6.07) is 6.59. The third kappa shape index (κ3) is 2.32. The Hall–Kier alpha value is -2.75. The highest BCUT2D eigenvalue weighted by atomic mass is 19.1. The molecule has 0 atom stereocenters. The lowest BCUT2D eigenvalue weighted by atomic mass is 9.98. The quantitative estimate of drug-likeness (QED) is 0.408. The van der Waals surface area contributed by atoms with E-state index < -0.39 is 0 Å². The molecule has 4 rings (SSSR count). The van der Waals surface area contributed by atoms with Crippen molar-refractivity contribution in [3.8, 4) is 11.3 Å². The summed E-state index contributed by atoms with van der Waals surface area (Å²) in [6.07, 6.45) is 2.05. The molecule has 26 heavy (non-hydrogen) atoms. The minimum atomic E-state index is -0.355. The largest absolute Gasteiger partial charge is 0.455 e. The molecule has 132 valence electrons. The van der Waals surface area contributed by atoms with Gasteiger partial charge in [0.25, 0.3) is 0 Å². The van der Waals surface area contributed by atoms with Gasteiger partial charge in [0.15, 0.2) is 11.8 Å². The van der Waals surface area contributed by atoms with Crippen molar-refractivity contribution in [1.82, 2.24) is 0 Å². The molecule has 4 heteroatoms. The van der Waals surface area contributed by atoms with Crippen LogP contribution >= 0.6 is 0 Å². The lowest BCUT2D eigenvalue weighted by molar-refractivity contribution is -0.660. The molecule has 0 N–H and O–H groups in total. The highest BCUT2D eigenvalue weighted by Crippen LogP contribution is 2.39. The number of pyridine rings is 1. The number of nitrogens with zero attached hydrogens (tertiary/aromatic N) is 1. The minimum Gasteiger partial charge on any atom is -0.455 e. The first-order chi connectivity index (χ1) is 12.3. The number of hydrogen-bond donors (Lipinski definition) is 0. The number of hydrogen-bond acceptors (Lipinski definition) is 1. The summed E-state index contributed by atoms with van der Waals surface area (Å²) in [6.45, 7) is 7.64. The van der Waals surface area contributed by atoms with Gasteiger partial charge in [-0.25, -0.2) is 13.3 Å². The Labute approximate surface area is 150 Å². The van der Waals surface area contributed by atoms with Gasteiger partial charge < -0.3 is 4.42 Å². The van der Waals surface area contributed by atoms with Crippen LogP contribution in [0.25, 0.3) is 33.2 Å². The van der Waals surface area contributed by atoms with E-state index in [0.29, 0.717) is 27.5 Å². The number of halogens is 2. The summed E-state index contributed by atoms with van der Waals surface area (Å²) in [4.78, 5) is 0. The number of rotatable bonds is 1. The summed E-state index contributed by atoms with van der Waals surface area (Å²) in [5.74, 6) is -0.704. The minimum absolute atomic E-state index is 0.350. The SMILES string of the molecule is Cc1cc(-c2c(C)cc(F)c3c2oc2cc(F)c(C)cc23)[n+](C)cc1C. The van der Waals surface area contributed by atoms with Gasteiger partial charge in [0.05, 0.1) is 10.9 Å². The van der Waals surface area contributed by atoms with Crippen molar-refractivity contribution in [2.45, 2.75) is 27.7 Å². The summed E-state index contributed by atoms with van der Waals surface area (Å²) in [5, 5.41) is 1.01. The standard InChI is InChI=1S/C22H20F2NO/c1-11-8-18(25(5)10-14(11)4)20-13(3)7-17(24)21-15-6-12(2)16(23)9-19(15)26-22(20)21/h6-10H,1-5H3/q+1. The first-order valence-electron chi connectivity index (χ1n) is 8.56. The zero-order chi connectivity index (χ0) is 18.7. The van der Waals surface area contributed by atoms with Crippen LogP contribution in [0.3, 0.4) is 0 Å². The zero-order valence-corrected chi connectivity index (χ0v) is 15.5. The van der Waals surface area contributed by atoms with Gasteiger partial charge in [-0.2, -0.15) is 0 Å². The first kappa shape index (κ1) is 16.7. The maximum atomic E-state index is 14.8. The van der Waals surface area contributed by atoms with Crippen LogP contribution in [0.2, 0.25) is 0 Å². The summed E-state index contributed by atoms with van der Waals surface area (Å²) < 4.78 is 36.8. The molecule has 0 aliphatic rings. The van der Waals surface area contributed by atoms with E-state index in [0.717, 1.165) is 22.4 Å². The molecule has 2 nitrogen and oxygen atoms in total. The van der Waals surface area contributed by atoms with Crippen LogP contribution in [-0.4, -0.2) is 0 Å². The average molecular weight is 352 g/mol. The van der Waals surface area contributed by atoms with Gasteiger partial charge in [0.2, 0.25) is 5.69 Å². The lowest BCUT2D eigenvalue weighted by Crippen LogP contribution is -2.31. The van der Waals surface area contributed by atoms with E-state index in [1.807, 2.05) is 31.7 Å². The topological polar surface area (TPSA) is 17.0 Å². The van der Waals surface area contributed by atoms with Crippen molar-refractivity contribution in [2.75, 3.05) is 0 Å². The van der Waals surface area contributed by atoms with Gasteiger partial charge in [0.1, 0.15) is 24.3 Å². The highest BCUT2D eigenvalue weighted by Gasteiger charge is 2.24. The molecule has 0 unspecified atom stereocenters. The molecular weight excluding hydrogens is 332 g/mol. The van der Waals surface area contributed by atoms with Crippen LogP contribution in [0.15, 0.2) is 34.9 Å². The van der Waals surface area contributed by atoms with Crippen LogP contribution in [-0.2, 0) is 7.05 Å². The van der Waals surface area contributed by atoms with Gasteiger partial charge >= 0.3 is 0 Å². The van der Waals surface area contributed by atoms with E-state index >= 15 is 0 Å². The van der Waals surface area contributed by atoms with Crippen LogP contribution in [0.1, 0.15) is 22.3 Å². The molecule has 0 aliphatic heterocycles. The molecule has 0 fully saturated rings. The van der Waals surface area contributed by atoms with Gasteiger partial charge in [-0.15, -0.1) is 0 Å². The van der Waals surface area contributed by atoms with E-state index in [1.165, 1.54) is 17.7 Å². The molecular formula is C22H20F2NO+. The number of benzene rings is 2. The smallest absolute Gasteiger partial charge is 0.216 e. The fraction of sp³-hybridized carbons (Fsp3) is 0.227. The third-order valence-electron chi connectivity index (χ3n) is 5.17. The average Bonchev–Trinajstić information content (AvgIpc) is 2.91. The number of fused-ring (bicyclic) bond motifs is 3. The van der Waals surface area contributed by atoms with E-state index in [4.69, 9.17) is 4.42 Å². The Morgan fingerprint density at radius 3 is 2.27 bits per heavy atom. The van der Waals surface area contributed by atoms with Crippen molar-refractivity contribution in [3.63, 3.8) is 0 Å². The normalized spacial score (nSPS) is 11.7. The maximum Gasteiger partial charge on any atom is 0.216 e.